The molecule has 9 heteroatoms. The first kappa shape index (κ1) is 23.2. The molecule has 2 aromatic heterocycles. The highest BCUT2D eigenvalue weighted by Gasteiger charge is 2.30. The smallest absolute Gasteiger partial charge is 0.239 e. The third-order valence-corrected chi connectivity index (χ3v) is 7.99. The van der Waals surface area contributed by atoms with E-state index < -0.39 is 6.04 Å². The van der Waals surface area contributed by atoms with Crippen molar-refractivity contribution >= 4 is 33.3 Å². The number of fused-ring (bicyclic) bond motifs is 1. The van der Waals surface area contributed by atoms with Gasteiger partial charge in [-0.2, -0.15) is 0 Å². The number of carbonyl (C=O) groups is 1. The number of thiophene rings is 1. The van der Waals surface area contributed by atoms with Gasteiger partial charge in [0.25, 0.3) is 0 Å². The largest absolute Gasteiger partial charge is 0.379 e. The second-order valence-corrected chi connectivity index (χ2v) is 10.3. The zero-order valence-corrected chi connectivity index (χ0v) is 20.7. The molecular weight excluding hydrogens is 448 g/mol. The fraction of sp³-hybridized carbons (Fsp3) is 0.480. The van der Waals surface area contributed by atoms with Crippen LogP contribution in [-0.4, -0.2) is 78.2 Å². The van der Waals surface area contributed by atoms with Crippen molar-refractivity contribution < 1.29 is 9.53 Å². The number of rotatable bonds is 6. The highest BCUT2D eigenvalue weighted by atomic mass is 32.1. The first-order valence-electron chi connectivity index (χ1n) is 11.9. The molecule has 180 valence electrons. The number of nitrogens with zero attached hydrogens (tertiary/aromatic N) is 5. The first-order valence-corrected chi connectivity index (χ1v) is 12.7. The maximum atomic E-state index is 12.3. The molecule has 2 aliphatic rings. The van der Waals surface area contributed by atoms with E-state index in [1.54, 1.807) is 11.3 Å². The molecule has 1 unspecified atom stereocenters. The van der Waals surface area contributed by atoms with E-state index in [0.29, 0.717) is 0 Å². The van der Waals surface area contributed by atoms with Crippen LogP contribution in [0.25, 0.3) is 10.2 Å². The van der Waals surface area contributed by atoms with Crippen LogP contribution < -0.4 is 10.6 Å². The summed E-state index contributed by atoms with van der Waals surface area (Å²) < 4.78 is 5.50. The van der Waals surface area contributed by atoms with Gasteiger partial charge in [0.1, 0.15) is 22.5 Å². The molecule has 5 rings (SSSR count). The molecule has 34 heavy (non-hydrogen) atoms. The minimum Gasteiger partial charge on any atom is -0.379 e. The van der Waals surface area contributed by atoms with Crippen LogP contribution in [0.5, 0.6) is 0 Å². The lowest BCUT2D eigenvalue weighted by molar-refractivity contribution is -0.123. The number of benzene rings is 1. The minimum absolute atomic E-state index is 0.304. The quantitative estimate of drug-likeness (QED) is 0.580. The van der Waals surface area contributed by atoms with E-state index >= 15 is 0 Å². The highest BCUT2D eigenvalue weighted by Crippen LogP contribution is 2.36. The molecular formula is C25H32N6O2S. The number of primary amides is 1. The van der Waals surface area contributed by atoms with Gasteiger partial charge in [-0.25, -0.2) is 9.97 Å². The molecule has 1 aromatic carbocycles. The molecule has 4 heterocycles. The Kier molecular flexibility index (Phi) is 6.78. The van der Waals surface area contributed by atoms with Crippen LogP contribution in [0.4, 0.5) is 5.82 Å². The normalized spacial score (nSPS) is 18.9. The topological polar surface area (TPSA) is 87.8 Å². The second-order valence-electron chi connectivity index (χ2n) is 9.05. The van der Waals surface area contributed by atoms with Gasteiger partial charge in [0, 0.05) is 44.1 Å². The van der Waals surface area contributed by atoms with Gasteiger partial charge in [-0.1, -0.05) is 30.3 Å². The van der Waals surface area contributed by atoms with Crippen LogP contribution >= 0.6 is 11.3 Å². The zero-order chi connectivity index (χ0) is 23.7. The molecule has 8 nitrogen and oxygen atoms in total. The Morgan fingerprint density at radius 3 is 2.44 bits per heavy atom. The van der Waals surface area contributed by atoms with Crippen molar-refractivity contribution in [1.29, 1.82) is 0 Å². The summed E-state index contributed by atoms with van der Waals surface area (Å²) in [7, 11) is 0. The highest BCUT2D eigenvalue weighted by molar-refractivity contribution is 7.18. The van der Waals surface area contributed by atoms with Crippen LogP contribution in [0.1, 0.15) is 27.9 Å². The fourth-order valence-corrected chi connectivity index (χ4v) is 5.96. The average Bonchev–Trinajstić information content (AvgIpc) is 3.13. The minimum atomic E-state index is -0.407. The third-order valence-electron chi connectivity index (χ3n) is 6.89. The molecule has 3 aromatic rings. The predicted octanol–water partition coefficient (Wildman–Crippen LogP) is 2.49. The monoisotopic (exact) mass is 480 g/mol. The Morgan fingerprint density at radius 2 is 1.76 bits per heavy atom. The predicted molar refractivity (Wildman–Crippen MR) is 135 cm³/mol. The SMILES string of the molecule is Cc1sc2nc(CN3CCOCC3)nc(N3CCN(C(C(N)=O)c4ccccc4)CC3)c2c1C. The third kappa shape index (κ3) is 4.65. The van der Waals surface area contributed by atoms with Gasteiger partial charge in [0.2, 0.25) is 5.91 Å². The molecule has 0 spiro atoms. The molecule has 2 N–H and O–H groups in total. The molecule has 0 bridgehead atoms. The summed E-state index contributed by atoms with van der Waals surface area (Å²) >= 11 is 1.75. The average molecular weight is 481 g/mol. The molecule has 0 saturated carbocycles. The summed E-state index contributed by atoms with van der Waals surface area (Å²) in [5, 5.41) is 1.16. The number of aryl methyl sites for hydroxylation is 2. The van der Waals surface area contributed by atoms with Gasteiger partial charge in [0.15, 0.2) is 0 Å². The van der Waals surface area contributed by atoms with E-state index in [1.807, 2.05) is 30.3 Å². The van der Waals surface area contributed by atoms with Gasteiger partial charge in [-0.05, 0) is 25.0 Å². The van der Waals surface area contributed by atoms with Crippen molar-refractivity contribution in [2.45, 2.75) is 26.4 Å². The number of nitrogens with two attached hydrogens (primary N) is 1. The van der Waals surface area contributed by atoms with Crippen LogP contribution in [0.2, 0.25) is 0 Å². The molecule has 2 saturated heterocycles. The van der Waals surface area contributed by atoms with Crippen LogP contribution in [-0.2, 0) is 16.1 Å². The zero-order valence-electron chi connectivity index (χ0n) is 19.9. The number of amides is 1. The molecule has 2 fully saturated rings. The van der Waals surface area contributed by atoms with Gasteiger partial charge in [0.05, 0.1) is 25.1 Å². The summed E-state index contributed by atoms with van der Waals surface area (Å²) in [6, 6.07) is 9.42. The van der Waals surface area contributed by atoms with Crippen LogP contribution in [0, 0.1) is 13.8 Å². The number of ether oxygens (including phenoxy) is 1. The number of anilines is 1. The molecule has 0 aliphatic carbocycles. The van der Waals surface area contributed by atoms with Crippen LogP contribution in [0.3, 0.4) is 0 Å². The number of hydrogen-bond acceptors (Lipinski definition) is 8. The Morgan fingerprint density at radius 1 is 1.06 bits per heavy atom. The van der Waals surface area contributed by atoms with Gasteiger partial charge < -0.3 is 15.4 Å². The van der Waals surface area contributed by atoms with E-state index in [1.165, 1.54) is 10.4 Å². The Hall–Kier alpha value is -2.59. The van der Waals surface area contributed by atoms with Crippen molar-refractivity contribution in [2.75, 3.05) is 57.4 Å². The standard InChI is InChI=1S/C25H32N6O2S/c1-17-18(2)34-25-21(17)24(27-20(28-25)16-29-12-14-33-15-13-29)31-10-8-30(9-11-31)22(23(26)32)19-6-4-3-5-7-19/h3-7,22H,8-16H2,1-2H3,(H2,26,32). The van der Waals surface area contributed by atoms with E-state index in [2.05, 4.69) is 28.5 Å². The summed E-state index contributed by atoms with van der Waals surface area (Å²) in [6.45, 7) is 11.5. The van der Waals surface area contributed by atoms with Crippen molar-refractivity contribution in [3.05, 3.63) is 52.2 Å². The molecule has 2 aliphatic heterocycles. The Labute approximate surface area is 204 Å². The van der Waals surface area contributed by atoms with Crippen LogP contribution in [0.15, 0.2) is 30.3 Å². The first-order chi connectivity index (χ1) is 16.5. The summed E-state index contributed by atoms with van der Waals surface area (Å²) in [4.78, 5) is 31.6. The lowest BCUT2D eigenvalue weighted by Crippen LogP contribution is -2.50. The summed E-state index contributed by atoms with van der Waals surface area (Å²) in [6.07, 6.45) is 0. The fourth-order valence-electron chi connectivity index (χ4n) is 4.91. The molecule has 0 radical (unpaired) electrons. The molecule has 1 amide bonds. The lowest BCUT2D eigenvalue weighted by atomic mass is 10.0. The number of aromatic nitrogens is 2. The van der Waals surface area contributed by atoms with E-state index in [0.717, 1.165) is 86.4 Å². The second kappa shape index (κ2) is 9.95. The van der Waals surface area contributed by atoms with Crippen molar-refractivity contribution in [1.82, 2.24) is 19.8 Å². The van der Waals surface area contributed by atoms with E-state index in [9.17, 15) is 4.79 Å². The number of carbonyl (C=O) groups excluding carboxylic acids is 1. The number of hydrogen-bond donors (Lipinski definition) is 1. The van der Waals surface area contributed by atoms with Gasteiger partial charge in [-0.3, -0.25) is 14.6 Å². The van der Waals surface area contributed by atoms with E-state index in [4.69, 9.17) is 20.4 Å². The number of morpholine rings is 1. The Bertz CT molecular complexity index is 1150. The summed E-state index contributed by atoms with van der Waals surface area (Å²) in [5.74, 6) is 1.58. The molecule has 1 atom stereocenters. The van der Waals surface area contributed by atoms with Crippen molar-refractivity contribution in [2.24, 2.45) is 5.73 Å². The maximum absolute atomic E-state index is 12.3. The van der Waals surface area contributed by atoms with Crippen molar-refractivity contribution in [3.63, 3.8) is 0 Å². The Balaban J connectivity index is 1.40. The van der Waals surface area contributed by atoms with Gasteiger partial charge >= 0.3 is 0 Å². The van der Waals surface area contributed by atoms with Gasteiger partial charge in [-0.15, -0.1) is 11.3 Å². The lowest BCUT2D eigenvalue weighted by Gasteiger charge is -2.39. The number of piperazine rings is 1. The van der Waals surface area contributed by atoms with E-state index in [-0.39, 0.29) is 5.91 Å². The summed E-state index contributed by atoms with van der Waals surface area (Å²) in [5.41, 5.74) is 8.03. The van der Waals surface area contributed by atoms with Crippen molar-refractivity contribution in [3.8, 4) is 0 Å². The maximum Gasteiger partial charge on any atom is 0.239 e.